The normalized spacial score (nSPS) is 15.2. The second-order valence-electron chi connectivity index (χ2n) is 5.85. The summed E-state index contributed by atoms with van der Waals surface area (Å²) in [6.07, 6.45) is 1.38. The third-order valence-electron chi connectivity index (χ3n) is 3.27. The van der Waals surface area contributed by atoms with Crippen molar-refractivity contribution in [1.29, 1.82) is 0 Å². The Bertz CT molecular complexity index is 540. The van der Waals surface area contributed by atoms with Gasteiger partial charge < -0.3 is 9.67 Å². The van der Waals surface area contributed by atoms with E-state index in [2.05, 4.69) is 29.5 Å². The van der Waals surface area contributed by atoms with Crippen LogP contribution < -0.4 is 0 Å². The zero-order chi connectivity index (χ0) is 13.3. The molecule has 0 aliphatic carbocycles. The van der Waals surface area contributed by atoms with Gasteiger partial charge >= 0.3 is 0 Å². The summed E-state index contributed by atoms with van der Waals surface area (Å²) >= 11 is 0. The highest BCUT2D eigenvalue weighted by molar-refractivity contribution is 5.75. The number of imidazole rings is 1. The van der Waals surface area contributed by atoms with Crippen LogP contribution in [0.3, 0.4) is 0 Å². The van der Waals surface area contributed by atoms with Crippen LogP contribution in [-0.4, -0.2) is 20.3 Å². The first-order valence-corrected chi connectivity index (χ1v) is 6.52. The molecule has 1 unspecified atom stereocenters. The average Bonchev–Trinajstić information content (AvgIpc) is 2.54. The molecule has 0 aliphatic heterocycles. The topological polar surface area (TPSA) is 38.1 Å². The van der Waals surface area contributed by atoms with Crippen molar-refractivity contribution >= 4 is 11.0 Å². The number of fused-ring (bicyclic) bond motifs is 1. The van der Waals surface area contributed by atoms with Crippen LogP contribution in [0.5, 0.6) is 0 Å². The van der Waals surface area contributed by atoms with E-state index in [1.807, 2.05) is 32.2 Å². The van der Waals surface area contributed by atoms with Gasteiger partial charge in [-0.2, -0.15) is 0 Å². The number of hydrogen-bond donors (Lipinski definition) is 1. The van der Waals surface area contributed by atoms with Gasteiger partial charge in [-0.15, -0.1) is 0 Å². The summed E-state index contributed by atoms with van der Waals surface area (Å²) in [6.45, 7) is 6.15. The second kappa shape index (κ2) is 4.73. The predicted octanol–water partition coefficient (Wildman–Crippen LogP) is 2.91. The Morgan fingerprint density at radius 2 is 2.00 bits per heavy atom. The molecule has 1 aromatic heterocycles. The molecule has 0 radical (unpaired) electrons. The van der Waals surface area contributed by atoms with Gasteiger partial charge in [-0.1, -0.05) is 26.0 Å². The summed E-state index contributed by atoms with van der Waals surface area (Å²) in [7, 11) is 2.01. The summed E-state index contributed by atoms with van der Waals surface area (Å²) < 4.78 is 2.07. The minimum absolute atomic E-state index is 0.481. The minimum Gasteiger partial charge on any atom is -0.390 e. The van der Waals surface area contributed by atoms with Gasteiger partial charge in [0.1, 0.15) is 5.82 Å². The molecule has 1 heterocycles. The number of para-hydroxylation sites is 2. The number of hydrogen-bond acceptors (Lipinski definition) is 2. The molecule has 1 atom stereocenters. The van der Waals surface area contributed by atoms with Gasteiger partial charge in [0.15, 0.2) is 0 Å². The molecule has 0 amide bonds. The Hall–Kier alpha value is -1.35. The number of rotatable bonds is 4. The zero-order valence-corrected chi connectivity index (χ0v) is 11.6. The van der Waals surface area contributed by atoms with Gasteiger partial charge in [-0.25, -0.2) is 4.98 Å². The van der Waals surface area contributed by atoms with Crippen LogP contribution in [0, 0.1) is 5.92 Å². The lowest BCUT2D eigenvalue weighted by Gasteiger charge is -2.24. The van der Waals surface area contributed by atoms with Gasteiger partial charge in [-0.05, 0) is 31.4 Å². The van der Waals surface area contributed by atoms with E-state index in [0.29, 0.717) is 12.3 Å². The average molecular weight is 246 g/mol. The van der Waals surface area contributed by atoms with Crippen LogP contribution in [-0.2, 0) is 13.5 Å². The van der Waals surface area contributed by atoms with Crippen LogP contribution in [0.1, 0.15) is 33.0 Å². The van der Waals surface area contributed by atoms with Crippen molar-refractivity contribution in [2.24, 2.45) is 13.0 Å². The highest BCUT2D eigenvalue weighted by Gasteiger charge is 2.25. The number of aryl methyl sites for hydroxylation is 1. The summed E-state index contributed by atoms with van der Waals surface area (Å²) in [5.74, 6) is 1.43. The van der Waals surface area contributed by atoms with Crippen LogP contribution >= 0.6 is 0 Å². The number of benzene rings is 1. The third-order valence-corrected chi connectivity index (χ3v) is 3.27. The van der Waals surface area contributed by atoms with Crippen molar-refractivity contribution in [1.82, 2.24) is 9.55 Å². The molecular weight excluding hydrogens is 224 g/mol. The molecule has 1 aromatic carbocycles. The molecule has 1 N–H and O–H groups in total. The van der Waals surface area contributed by atoms with Crippen LogP contribution in [0.15, 0.2) is 24.3 Å². The highest BCUT2D eigenvalue weighted by atomic mass is 16.3. The van der Waals surface area contributed by atoms with Crippen molar-refractivity contribution in [3.8, 4) is 0 Å². The van der Waals surface area contributed by atoms with Crippen LogP contribution in [0.25, 0.3) is 11.0 Å². The molecule has 0 bridgehead atoms. The van der Waals surface area contributed by atoms with Crippen LogP contribution in [0.4, 0.5) is 0 Å². The quantitative estimate of drug-likeness (QED) is 0.900. The molecule has 0 spiro atoms. The molecule has 0 aliphatic rings. The molecular formula is C15H22N2O. The Morgan fingerprint density at radius 3 is 2.61 bits per heavy atom. The fourth-order valence-electron chi connectivity index (χ4n) is 2.65. The molecule has 98 valence electrons. The number of aromatic nitrogens is 2. The third kappa shape index (κ3) is 2.72. The maximum Gasteiger partial charge on any atom is 0.112 e. The van der Waals surface area contributed by atoms with Crippen molar-refractivity contribution in [2.75, 3.05) is 0 Å². The van der Waals surface area contributed by atoms with Gasteiger partial charge in [0, 0.05) is 13.5 Å². The van der Waals surface area contributed by atoms with Gasteiger partial charge in [0.2, 0.25) is 0 Å². The van der Waals surface area contributed by atoms with E-state index in [9.17, 15) is 5.11 Å². The molecule has 18 heavy (non-hydrogen) atoms. The standard InChI is InChI=1S/C15H22N2O/c1-11(2)9-15(3,18)10-14-16-12-7-5-6-8-13(12)17(14)4/h5-8,11,18H,9-10H2,1-4H3. The lowest BCUT2D eigenvalue weighted by molar-refractivity contribution is 0.0364. The molecule has 0 fully saturated rings. The zero-order valence-electron chi connectivity index (χ0n) is 11.6. The Morgan fingerprint density at radius 1 is 1.33 bits per heavy atom. The lowest BCUT2D eigenvalue weighted by Crippen LogP contribution is -2.30. The number of nitrogens with zero attached hydrogens (tertiary/aromatic N) is 2. The summed E-state index contributed by atoms with van der Waals surface area (Å²) in [5, 5.41) is 10.4. The fraction of sp³-hybridized carbons (Fsp3) is 0.533. The van der Waals surface area contributed by atoms with E-state index in [0.717, 1.165) is 23.3 Å². The largest absolute Gasteiger partial charge is 0.390 e. The predicted molar refractivity (Wildman–Crippen MR) is 74.5 cm³/mol. The maximum atomic E-state index is 10.4. The smallest absolute Gasteiger partial charge is 0.112 e. The van der Waals surface area contributed by atoms with Crippen LogP contribution in [0.2, 0.25) is 0 Å². The summed E-state index contributed by atoms with van der Waals surface area (Å²) in [6, 6.07) is 8.07. The van der Waals surface area contributed by atoms with Crippen molar-refractivity contribution in [2.45, 2.75) is 39.2 Å². The van der Waals surface area contributed by atoms with Gasteiger partial charge in [0.05, 0.1) is 16.6 Å². The molecule has 0 saturated heterocycles. The first-order valence-electron chi connectivity index (χ1n) is 6.52. The highest BCUT2D eigenvalue weighted by Crippen LogP contribution is 2.23. The Kier molecular flexibility index (Phi) is 3.44. The fourth-order valence-corrected chi connectivity index (χ4v) is 2.65. The molecule has 0 saturated carbocycles. The Balaban J connectivity index is 2.29. The summed E-state index contributed by atoms with van der Waals surface area (Å²) in [5.41, 5.74) is 1.42. The first kappa shape index (κ1) is 13.1. The second-order valence-corrected chi connectivity index (χ2v) is 5.85. The van der Waals surface area contributed by atoms with E-state index in [-0.39, 0.29) is 0 Å². The Labute approximate surface area is 108 Å². The van der Waals surface area contributed by atoms with E-state index in [1.165, 1.54) is 0 Å². The van der Waals surface area contributed by atoms with Gasteiger partial charge in [-0.3, -0.25) is 0 Å². The first-order chi connectivity index (χ1) is 8.39. The van der Waals surface area contributed by atoms with E-state index >= 15 is 0 Å². The molecule has 2 rings (SSSR count). The lowest BCUT2D eigenvalue weighted by atomic mass is 9.91. The molecule has 3 heteroatoms. The van der Waals surface area contributed by atoms with Crippen molar-refractivity contribution in [3.05, 3.63) is 30.1 Å². The van der Waals surface area contributed by atoms with Crippen molar-refractivity contribution < 1.29 is 5.11 Å². The van der Waals surface area contributed by atoms with Crippen molar-refractivity contribution in [3.63, 3.8) is 0 Å². The monoisotopic (exact) mass is 246 g/mol. The summed E-state index contributed by atoms with van der Waals surface area (Å²) in [4.78, 5) is 4.61. The van der Waals surface area contributed by atoms with E-state index < -0.39 is 5.60 Å². The molecule has 3 nitrogen and oxygen atoms in total. The molecule has 2 aromatic rings. The SMILES string of the molecule is CC(C)CC(C)(O)Cc1nc2ccccc2n1C. The van der Waals surface area contributed by atoms with E-state index in [4.69, 9.17) is 0 Å². The van der Waals surface area contributed by atoms with Gasteiger partial charge in [0.25, 0.3) is 0 Å². The minimum atomic E-state index is -0.691. The van der Waals surface area contributed by atoms with E-state index in [1.54, 1.807) is 0 Å². The number of aliphatic hydroxyl groups is 1. The maximum absolute atomic E-state index is 10.4.